The predicted octanol–water partition coefficient (Wildman–Crippen LogP) is 1.46. The molecular formula is C14H23N3O. The molecule has 1 aromatic carbocycles. The normalized spacial score (nSPS) is 27.4. The van der Waals surface area contributed by atoms with Crippen molar-refractivity contribution in [3.63, 3.8) is 0 Å². The van der Waals surface area contributed by atoms with Gasteiger partial charge in [0.15, 0.2) is 0 Å². The number of hydrogen-bond donors (Lipinski definition) is 3. The van der Waals surface area contributed by atoms with Gasteiger partial charge in [0.25, 0.3) is 0 Å². The molecule has 2 rings (SSSR count). The molecular weight excluding hydrogens is 226 g/mol. The van der Waals surface area contributed by atoms with Crippen LogP contribution < -0.4 is 20.9 Å². The Balaban J connectivity index is 2.03. The van der Waals surface area contributed by atoms with Crippen LogP contribution in [0.3, 0.4) is 0 Å². The zero-order valence-electron chi connectivity index (χ0n) is 11.4. The van der Waals surface area contributed by atoms with E-state index in [4.69, 9.17) is 4.74 Å². The number of hydrazine groups is 1. The van der Waals surface area contributed by atoms with Crippen LogP contribution in [0, 0.1) is 5.92 Å². The van der Waals surface area contributed by atoms with Crippen molar-refractivity contribution in [3.8, 4) is 5.75 Å². The molecule has 0 radical (unpaired) electrons. The van der Waals surface area contributed by atoms with E-state index in [9.17, 15) is 0 Å². The molecule has 0 aromatic heterocycles. The Morgan fingerprint density at radius 3 is 2.56 bits per heavy atom. The van der Waals surface area contributed by atoms with Crippen LogP contribution in [0.5, 0.6) is 5.75 Å². The second kappa shape index (κ2) is 6.18. The maximum absolute atomic E-state index is 5.46. The van der Waals surface area contributed by atoms with Gasteiger partial charge in [-0.15, -0.1) is 0 Å². The number of nitrogens with one attached hydrogen (secondary N) is 3. The Kier molecular flexibility index (Phi) is 4.58. The summed E-state index contributed by atoms with van der Waals surface area (Å²) in [5.41, 5.74) is 8.03. The average molecular weight is 249 g/mol. The van der Waals surface area contributed by atoms with Crippen LogP contribution in [-0.4, -0.2) is 26.2 Å². The van der Waals surface area contributed by atoms with Gasteiger partial charge in [0.2, 0.25) is 0 Å². The summed E-state index contributed by atoms with van der Waals surface area (Å²) in [6, 6.07) is 9.19. The van der Waals surface area contributed by atoms with Gasteiger partial charge in [-0.25, -0.2) is 5.43 Å². The Morgan fingerprint density at radius 1 is 1.22 bits per heavy atom. The van der Waals surface area contributed by atoms with Crippen molar-refractivity contribution in [1.29, 1.82) is 0 Å². The number of likely N-dealkylation sites (N-methyl/N-ethyl adjacent to an activating group) is 1. The lowest BCUT2D eigenvalue weighted by atomic mass is 9.91. The zero-order valence-corrected chi connectivity index (χ0v) is 11.4. The largest absolute Gasteiger partial charge is 0.494 e. The van der Waals surface area contributed by atoms with Crippen LogP contribution in [0.15, 0.2) is 24.3 Å². The van der Waals surface area contributed by atoms with Crippen LogP contribution in [0.1, 0.15) is 25.5 Å². The molecule has 0 spiro atoms. The fraction of sp³-hybridized carbons (Fsp3) is 0.571. The molecule has 0 saturated carbocycles. The summed E-state index contributed by atoms with van der Waals surface area (Å²) < 4.78 is 5.46. The minimum Gasteiger partial charge on any atom is -0.494 e. The molecule has 18 heavy (non-hydrogen) atoms. The van der Waals surface area contributed by atoms with Gasteiger partial charge in [-0.2, -0.15) is 0 Å². The van der Waals surface area contributed by atoms with Gasteiger partial charge in [-0.1, -0.05) is 19.1 Å². The summed E-state index contributed by atoms with van der Waals surface area (Å²) in [5, 5.41) is 3.22. The lowest BCUT2D eigenvalue weighted by molar-refractivity contribution is 0.340. The van der Waals surface area contributed by atoms with Gasteiger partial charge in [0.05, 0.1) is 12.6 Å². The molecule has 3 atom stereocenters. The number of rotatable bonds is 5. The molecule has 1 fully saturated rings. The molecule has 1 saturated heterocycles. The highest BCUT2D eigenvalue weighted by Gasteiger charge is 2.32. The van der Waals surface area contributed by atoms with Crippen molar-refractivity contribution in [2.24, 2.45) is 5.92 Å². The van der Waals surface area contributed by atoms with Gasteiger partial charge in [-0.3, -0.25) is 5.43 Å². The van der Waals surface area contributed by atoms with Gasteiger partial charge >= 0.3 is 0 Å². The van der Waals surface area contributed by atoms with Crippen molar-refractivity contribution in [2.45, 2.75) is 25.9 Å². The first kappa shape index (κ1) is 13.3. The van der Waals surface area contributed by atoms with Crippen LogP contribution in [0.2, 0.25) is 0 Å². The summed E-state index contributed by atoms with van der Waals surface area (Å²) in [6.45, 7) is 5.96. The quantitative estimate of drug-likeness (QED) is 0.739. The second-order valence-electron chi connectivity index (χ2n) is 4.79. The van der Waals surface area contributed by atoms with E-state index in [-0.39, 0.29) is 0 Å². The third-order valence-electron chi connectivity index (χ3n) is 3.56. The first-order chi connectivity index (χ1) is 8.76. The van der Waals surface area contributed by atoms with Crippen molar-refractivity contribution < 1.29 is 4.74 Å². The fourth-order valence-electron chi connectivity index (χ4n) is 2.47. The van der Waals surface area contributed by atoms with Crippen molar-refractivity contribution in [3.05, 3.63) is 29.8 Å². The summed E-state index contributed by atoms with van der Waals surface area (Å²) in [5.74, 6) is 1.49. The minimum absolute atomic E-state index is 0.360. The molecule has 0 aliphatic carbocycles. The van der Waals surface area contributed by atoms with E-state index in [2.05, 4.69) is 35.2 Å². The Hall–Kier alpha value is -1.10. The first-order valence-electron chi connectivity index (χ1n) is 6.64. The van der Waals surface area contributed by atoms with Gasteiger partial charge in [-0.05, 0) is 37.6 Å². The highest BCUT2D eigenvalue weighted by Crippen LogP contribution is 2.29. The van der Waals surface area contributed by atoms with Crippen molar-refractivity contribution in [1.82, 2.24) is 16.2 Å². The maximum Gasteiger partial charge on any atom is 0.119 e. The van der Waals surface area contributed by atoms with E-state index in [0.717, 1.165) is 12.3 Å². The smallest absolute Gasteiger partial charge is 0.119 e. The Bertz CT molecular complexity index is 366. The molecule has 4 heteroatoms. The summed E-state index contributed by atoms with van der Waals surface area (Å²) >= 11 is 0. The third-order valence-corrected chi connectivity index (χ3v) is 3.56. The number of hydrogen-bond acceptors (Lipinski definition) is 4. The predicted molar refractivity (Wildman–Crippen MR) is 73.5 cm³/mol. The molecule has 0 bridgehead atoms. The van der Waals surface area contributed by atoms with Crippen LogP contribution in [0.4, 0.5) is 0 Å². The molecule has 3 N–H and O–H groups in total. The minimum atomic E-state index is 0.360. The maximum atomic E-state index is 5.46. The number of ether oxygens (including phenoxy) is 1. The van der Waals surface area contributed by atoms with E-state index >= 15 is 0 Å². The van der Waals surface area contributed by atoms with E-state index < -0.39 is 0 Å². The van der Waals surface area contributed by atoms with E-state index in [0.29, 0.717) is 24.6 Å². The summed E-state index contributed by atoms with van der Waals surface area (Å²) in [7, 11) is 1.98. The standard InChI is InChI=1S/C14H23N3O/c1-4-18-12-7-5-11(6-8-12)14-10(2)13(9-15-3)16-17-14/h5-8,10,13-17H,4,9H2,1-3H3. The molecule has 1 aliphatic rings. The molecule has 3 unspecified atom stereocenters. The lowest BCUT2D eigenvalue weighted by Crippen LogP contribution is -2.38. The summed E-state index contributed by atoms with van der Waals surface area (Å²) in [6.07, 6.45) is 0. The molecule has 1 heterocycles. The van der Waals surface area contributed by atoms with E-state index in [1.807, 2.05) is 26.1 Å². The molecule has 0 amide bonds. The molecule has 4 nitrogen and oxygen atoms in total. The monoisotopic (exact) mass is 249 g/mol. The highest BCUT2D eigenvalue weighted by molar-refractivity contribution is 5.30. The molecule has 100 valence electrons. The topological polar surface area (TPSA) is 45.3 Å². The Labute approximate surface area is 109 Å². The number of benzene rings is 1. The van der Waals surface area contributed by atoms with E-state index in [1.165, 1.54) is 5.56 Å². The van der Waals surface area contributed by atoms with Crippen LogP contribution in [-0.2, 0) is 0 Å². The fourth-order valence-corrected chi connectivity index (χ4v) is 2.47. The second-order valence-corrected chi connectivity index (χ2v) is 4.79. The van der Waals surface area contributed by atoms with Gasteiger partial charge < -0.3 is 10.1 Å². The molecule has 1 aromatic rings. The summed E-state index contributed by atoms with van der Waals surface area (Å²) in [4.78, 5) is 0. The van der Waals surface area contributed by atoms with Gasteiger partial charge in [0, 0.05) is 12.6 Å². The Morgan fingerprint density at radius 2 is 1.94 bits per heavy atom. The third kappa shape index (κ3) is 2.83. The zero-order chi connectivity index (χ0) is 13.0. The van der Waals surface area contributed by atoms with Crippen LogP contribution >= 0.6 is 0 Å². The van der Waals surface area contributed by atoms with Crippen molar-refractivity contribution >= 4 is 0 Å². The van der Waals surface area contributed by atoms with Gasteiger partial charge in [0.1, 0.15) is 5.75 Å². The van der Waals surface area contributed by atoms with Crippen molar-refractivity contribution in [2.75, 3.05) is 20.2 Å². The van der Waals surface area contributed by atoms with E-state index in [1.54, 1.807) is 0 Å². The highest BCUT2D eigenvalue weighted by atomic mass is 16.5. The SMILES string of the molecule is CCOc1ccc(C2NNC(CNC)C2C)cc1. The molecule has 1 aliphatic heterocycles. The average Bonchev–Trinajstić information content (AvgIpc) is 2.73. The lowest BCUT2D eigenvalue weighted by Gasteiger charge is -2.18. The first-order valence-corrected chi connectivity index (χ1v) is 6.64. The van der Waals surface area contributed by atoms with Crippen LogP contribution in [0.25, 0.3) is 0 Å².